The first-order valence-corrected chi connectivity index (χ1v) is 5.37. The van der Waals surface area contributed by atoms with Gasteiger partial charge in [0.2, 0.25) is 11.6 Å². The molecule has 1 atom stereocenters. The fourth-order valence-electron chi connectivity index (χ4n) is 1.83. The van der Waals surface area contributed by atoms with Crippen LogP contribution in [-0.4, -0.2) is 22.1 Å². The lowest BCUT2D eigenvalue weighted by molar-refractivity contribution is -0.131. The Hall–Kier alpha value is -2.64. The SMILES string of the molecule is CC1(c2cc(F)cc(F)c2)OC(NC(=O)O)=C(O)C1=O. The van der Waals surface area contributed by atoms with Crippen molar-refractivity contribution >= 4 is 11.9 Å². The van der Waals surface area contributed by atoms with E-state index in [0.717, 1.165) is 19.1 Å². The molecule has 6 nitrogen and oxygen atoms in total. The molecule has 1 aliphatic heterocycles. The number of halogens is 2. The van der Waals surface area contributed by atoms with E-state index in [4.69, 9.17) is 9.84 Å². The standard InChI is InChI=1S/C12H9F2NO5/c1-12(5-2-6(13)4-7(14)3-5)9(17)8(16)10(20-12)15-11(18)19/h2-4,15-16H,1H3,(H,18,19). The van der Waals surface area contributed by atoms with Crippen molar-refractivity contribution in [1.29, 1.82) is 0 Å². The third-order valence-corrected chi connectivity index (χ3v) is 2.80. The summed E-state index contributed by atoms with van der Waals surface area (Å²) < 4.78 is 31.4. The van der Waals surface area contributed by atoms with Gasteiger partial charge in [0.05, 0.1) is 0 Å². The molecule has 0 spiro atoms. The number of Topliss-reactive ketones (excluding diaryl/α,β-unsaturated/α-hetero) is 1. The fourth-order valence-corrected chi connectivity index (χ4v) is 1.83. The highest BCUT2D eigenvalue weighted by atomic mass is 19.1. The molecule has 8 heteroatoms. The lowest BCUT2D eigenvalue weighted by atomic mass is 9.91. The average molecular weight is 285 g/mol. The van der Waals surface area contributed by atoms with Crippen molar-refractivity contribution in [2.75, 3.05) is 0 Å². The molecule has 0 saturated carbocycles. The second-order valence-electron chi connectivity index (χ2n) is 4.23. The van der Waals surface area contributed by atoms with Crippen LogP contribution < -0.4 is 5.32 Å². The number of hydrogen-bond donors (Lipinski definition) is 3. The van der Waals surface area contributed by atoms with Gasteiger partial charge in [0.25, 0.3) is 5.78 Å². The summed E-state index contributed by atoms with van der Waals surface area (Å²) in [6.45, 7) is 1.16. The predicted octanol–water partition coefficient (Wildman–Crippen LogP) is 1.77. The normalized spacial score (nSPS) is 21.9. The van der Waals surface area contributed by atoms with E-state index in [1.807, 2.05) is 0 Å². The molecule has 0 aliphatic carbocycles. The van der Waals surface area contributed by atoms with Crippen LogP contribution in [0, 0.1) is 11.6 Å². The highest BCUT2D eigenvalue weighted by Crippen LogP contribution is 2.37. The number of nitrogens with one attached hydrogen (secondary N) is 1. The van der Waals surface area contributed by atoms with Gasteiger partial charge in [-0.2, -0.15) is 0 Å². The molecule has 1 aliphatic rings. The fraction of sp³-hybridized carbons (Fsp3) is 0.167. The third kappa shape index (κ3) is 2.15. The van der Waals surface area contributed by atoms with Gasteiger partial charge < -0.3 is 14.9 Å². The Kier molecular flexibility index (Phi) is 3.09. The summed E-state index contributed by atoms with van der Waals surface area (Å²) >= 11 is 0. The van der Waals surface area contributed by atoms with Gasteiger partial charge in [0.1, 0.15) is 11.6 Å². The zero-order chi connectivity index (χ0) is 15.1. The molecule has 0 fully saturated rings. The summed E-state index contributed by atoms with van der Waals surface area (Å²) in [5.41, 5.74) is -2.10. The molecule has 0 radical (unpaired) electrons. The predicted molar refractivity (Wildman–Crippen MR) is 60.6 cm³/mol. The van der Waals surface area contributed by atoms with Crippen molar-refractivity contribution < 1.29 is 33.3 Å². The van der Waals surface area contributed by atoms with Crippen LogP contribution in [0.5, 0.6) is 0 Å². The second-order valence-corrected chi connectivity index (χ2v) is 4.23. The number of benzene rings is 1. The van der Waals surface area contributed by atoms with Crippen molar-refractivity contribution in [2.24, 2.45) is 0 Å². The number of ketones is 1. The highest BCUT2D eigenvalue weighted by molar-refractivity contribution is 6.03. The molecule has 1 amide bonds. The van der Waals surface area contributed by atoms with Gasteiger partial charge in [-0.15, -0.1) is 0 Å². The van der Waals surface area contributed by atoms with E-state index in [1.165, 1.54) is 0 Å². The topological polar surface area (TPSA) is 95.9 Å². The molecular weight excluding hydrogens is 276 g/mol. The average Bonchev–Trinajstić information content (AvgIpc) is 2.53. The van der Waals surface area contributed by atoms with Crippen LogP contribution in [-0.2, 0) is 15.1 Å². The summed E-state index contributed by atoms with van der Waals surface area (Å²) in [6, 6.07) is 2.33. The number of hydrogen-bond acceptors (Lipinski definition) is 4. The van der Waals surface area contributed by atoms with E-state index >= 15 is 0 Å². The number of carbonyl (C=O) groups excluding carboxylic acids is 1. The Balaban J connectivity index is 2.43. The van der Waals surface area contributed by atoms with Crippen molar-refractivity contribution in [1.82, 2.24) is 5.32 Å². The van der Waals surface area contributed by atoms with E-state index in [0.29, 0.717) is 6.07 Å². The molecule has 0 bridgehead atoms. The molecule has 106 valence electrons. The van der Waals surface area contributed by atoms with E-state index in [-0.39, 0.29) is 5.56 Å². The largest absolute Gasteiger partial charge is 0.501 e. The quantitative estimate of drug-likeness (QED) is 0.769. The number of aliphatic hydroxyl groups is 1. The molecule has 0 saturated heterocycles. The number of amides is 1. The Labute approximate surface area is 111 Å². The maximum absolute atomic E-state index is 13.2. The van der Waals surface area contributed by atoms with Crippen LogP contribution in [0.4, 0.5) is 13.6 Å². The Morgan fingerprint density at radius 3 is 2.35 bits per heavy atom. The summed E-state index contributed by atoms with van der Waals surface area (Å²) in [4.78, 5) is 22.4. The number of rotatable bonds is 2. The van der Waals surface area contributed by atoms with Crippen LogP contribution >= 0.6 is 0 Å². The minimum atomic E-state index is -1.91. The molecule has 0 aromatic heterocycles. The van der Waals surface area contributed by atoms with Gasteiger partial charge in [0, 0.05) is 11.6 Å². The third-order valence-electron chi connectivity index (χ3n) is 2.80. The lowest BCUT2D eigenvalue weighted by Crippen LogP contribution is -2.32. The highest BCUT2D eigenvalue weighted by Gasteiger charge is 2.48. The zero-order valence-corrected chi connectivity index (χ0v) is 10.1. The van der Waals surface area contributed by atoms with Gasteiger partial charge in [-0.1, -0.05) is 0 Å². The van der Waals surface area contributed by atoms with Crippen molar-refractivity contribution in [2.45, 2.75) is 12.5 Å². The van der Waals surface area contributed by atoms with Crippen LogP contribution in [0.2, 0.25) is 0 Å². The molecule has 1 aromatic carbocycles. The summed E-state index contributed by atoms with van der Waals surface area (Å²) in [5.74, 6) is -4.52. The summed E-state index contributed by atoms with van der Waals surface area (Å²) in [5, 5.41) is 19.8. The number of aliphatic hydroxyl groups excluding tert-OH is 1. The maximum Gasteiger partial charge on any atom is 0.411 e. The molecule has 2 rings (SSSR count). The van der Waals surface area contributed by atoms with Gasteiger partial charge in [-0.05, 0) is 19.1 Å². The van der Waals surface area contributed by atoms with Gasteiger partial charge >= 0.3 is 6.09 Å². The first-order valence-electron chi connectivity index (χ1n) is 5.37. The van der Waals surface area contributed by atoms with E-state index in [1.54, 1.807) is 5.32 Å². The molecule has 20 heavy (non-hydrogen) atoms. The second kappa shape index (κ2) is 4.48. The van der Waals surface area contributed by atoms with Crippen LogP contribution in [0.1, 0.15) is 12.5 Å². The van der Waals surface area contributed by atoms with Crippen molar-refractivity contribution in [3.8, 4) is 0 Å². The number of ether oxygens (including phenoxy) is 1. The molecular formula is C12H9F2NO5. The Morgan fingerprint density at radius 2 is 1.85 bits per heavy atom. The lowest BCUT2D eigenvalue weighted by Gasteiger charge is -2.23. The van der Waals surface area contributed by atoms with Crippen molar-refractivity contribution in [3.05, 3.63) is 47.0 Å². The first-order chi connectivity index (χ1) is 9.24. The van der Waals surface area contributed by atoms with Gasteiger partial charge in [0.15, 0.2) is 5.60 Å². The maximum atomic E-state index is 13.2. The molecule has 1 aromatic rings. The van der Waals surface area contributed by atoms with Gasteiger partial charge in [-0.25, -0.2) is 13.6 Å². The smallest absolute Gasteiger partial charge is 0.411 e. The molecule has 1 unspecified atom stereocenters. The monoisotopic (exact) mass is 285 g/mol. The minimum absolute atomic E-state index is 0.186. The summed E-state index contributed by atoms with van der Waals surface area (Å²) in [6.07, 6.45) is -1.56. The van der Waals surface area contributed by atoms with Crippen LogP contribution in [0.3, 0.4) is 0 Å². The van der Waals surface area contributed by atoms with Crippen LogP contribution in [0.15, 0.2) is 29.8 Å². The minimum Gasteiger partial charge on any atom is -0.501 e. The summed E-state index contributed by atoms with van der Waals surface area (Å²) in [7, 11) is 0. The van der Waals surface area contributed by atoms with E-state index < -0.39 is 40.8 Å². The Bertz CT molecular complexity index is 622. The molecule has 1 heterocycles. The van der Waals surface area contributed by atoms with Crippen LogP contribution in [0.25, 0.3) is 0 Å². The van der Waals surface area contributed by atoms with E-state index in [2.05, 4.69) is 0 Å². The molecule has 3 N–H and O–H groups in total. The van der Waals surface area contributed by atoms with E-state index in [9.17, 15) is 23.5 Å². The van der Waals surface area contributed by atoms with Crippen molar-refractivity contribution in [3.63, 3.8) is 0 Å². The van der Waals surface area contributed by atoms with Gasteiger partial charge in [-0.3, -0.25) is 10.1 Å². The number of carboxylic acid groups (broad SMARTS) is 1. The Morgan fingerprint density at radius 1 is 1.30 bits per heavy atom. The first kappa shape index (κ1) is 13.8. The number of carbonyl (C=O) groups is 2. The zero-order valence-electron chi connectivity index (χ0n) is 10.1.